The van der Waals surface area contributed by atoms with Crippen LogP contribution in [0.5, 0.6) is 5.75 Å². The molecule has 0 unspecified atom stereocenters. The van der Waals surface area contributed by atoms with Gasteiger partial charge >= 0.3 is 0 Å². The first-order valence-corrected chi connectivity index (χ1v) is 9.50. The molecule has 0 aliphatic rings. The summed E-state index contributed by atoms with van der Waals surface area (Å²) >= 11 is 1.46. The second-order valence-electron chi connectivity index (χ2n) is 5.68. The fourth-order valence-corrected chi connectivity index (χ4v) is 2.86. The van der Waals surface area contributed by atoms with Crippen LogP contribution in [0.15, 0.2) is 83.5 Å². The van der Waals surface area contributed by atoms with Gasteiger partial charge in [-0.1, -0.05) is 42.1 Å². The van der Waals surface area contributed by atoms with Crippen molar-refractivity contribution in [2.75, 3.05) is 6.61 Å². The third kappa shape index (κ3) is 6.63. The maximum absolute atomic E-state index is 5.88. The van der Waals surface area contributed by atoms with Gasteiger partial charge < -0.3 is 15.0 Å². The van der Waals surface area contributed by atoms with E-state index in [1.807, 2.05) is 53.2 Å². The van der Waals surface area contributed by atoms with Crippen LogP contribution in [0.25, 0.3) is 0 Å². The van der Waals surface area contributed by atoms with Crippen LogP contribution in [0.3, 0.4) is 0 Å². The van der Waals surface area contributed by atoms with E-state index in [9.17, 15) is 0 Å². The first kappa shape index (κ1) is 18.7. The molecular formula is C20H21N5OS. The van der Waals surface area contributed by atoms with Crippen molar-refractivity contribution in [2.24, 2.45) is 15.9 Å². The van der Waals surface area contributed by atoms with Gasteiger partial charge in [-0.2, -0.15) is 5.10 Å². The molecule has 27 heavy (non-hydrogen) atoms. The topological polar surface area (TPSA) is 77.8 Å². The third-order valence-electron chi connectivity index (χ3n) is 3.65. The summed E-state index contributed by atoms with van der Waals surface area (Å²) < 4.78 is 7.68. The second-order valence-corrected chi connectivity index (χ2v) is 6.67. The zero-order chi connectivity index (χ0) is 18.7. The molecule has 7 heteroatoms. The average molecular weight is 379 g/mol. The standard InChI is InChI=1S/C20H21N5OS/c21-20(27-15-18-4-2-1-3-5-18)24-23-14-17-6-8-19(9-7-17)26-13-12-25-11-10-22-16-25/h1-11,14,16H,12-13,15H2,(H2,21,24). The molecule has 0 spiro atoms. The Morgan fingerprint density at radius 1 is 1.15 bits per heavy atom. The smallest absolute Gasteiger partial charge is 0.180 e. The highest BCUT2D eigenvalue weighted by atomic mass is 32.2. The van der Waals surface area contributed by atoms with Crippen LogP contribution in [-0.2, 0) is 12.3 Å². The van der Waals surface area contributed by atoms with Crippen molar-refractivity contribution in [1.82, 2.24) is 9.55 Å². The van der Waals surface area contributed by atoms with Gasteiger partial charge in [0.2, 0.25) is 0 Å². The lowest BCUT2D eigenvalue weighted by molar-refractivity contribution is 0.298. The first-order valence-electron chi connectivity index (χ1n) is 8.51. The molecule has 138 valence electrons. The summed E-state index contributed by atoms with van der Waals surface area (Å²) in [6.07, 6.45) is 7.11. The highest BCUT2D eigenvalue weighted by molar-refractivity contribution is 8.13. The highest BCUT2D eigenvalue weighted by Gasteiger charge is 1.97. The van der Waals surface area contributed by atoms with Gasteiger partial charge in [-0.25, -0.2) is 4.98 Å². The molecule has 0 fully saturated rings. The number of benzene rings is 2. The van der Waals surface area contributed by atoms with Gasteiger partial charge in [-0.3, -0.25) is 0 Å². The molecule has 1 heterocycles. The Labute approximate surface area is 162 Å². The van der Waals surface area contributed by atoms with E-state index in [1.165, 1.54) is 17.3 Å². The lowest BCUT2D eigenvalue weighted by Crippen LogP contribution is -2.06. The molecule has 0 amide bonds. The molecule has 3 rings (SSSR count). The quantitative estimate of drug-likeness (QED) is 0.369. The molecule has 0 bridgehead atoms. The lowest BCUT2D eigenvalue weighted by Gasteiger charge is -2.06. The minimum absolute atomic E-state index is 0.439. The van der Waals surface area contributed by atoms with Crippen molar-refractivity contribution < 1.29 is 4.74 Å². The largest absolute Gasteiger partial charge is 0.492 e. The van der Waals surface area contributed by atoms with E-state index in [2.05, 4.69) is 27.3 Å². The van der Waals surface area contributed by atoms with Gasteiger partial charge in [-0.05, 0) is 35.4 Å². The third-order valence-corrected chi connectivity index (χ3v) is 4.51. The van der Waals surface area contributed by atoms with E-state index in [1.54, 1.807) is 18.7 Å². The Bertz CT molecular complexity index is 861. The van der Waals surface area contributed by atoms with Crippen molar-refractivity contribution in [3.63, 3.8) is 0 Å². The number of thioether (sulfide) groups is 1. The van der Waals surface area contributed by atoms with E-state index < -0.39 is 0 Å². The Balaban J connectivity index is 1.42. The first-order chi connectivity index (χ1) is 13.3. The van der Waals surface area contributed by atoms with Crippen molar-refractivity contribution in [2.45, 2.75) is 12.3 Å². The predicted octanol–water partition coefficient (Wildman–Crippen LogP) is 3.54. The average Bonchev–Trinajstić information content (AvgIpc) is 3.22. The SMILES string of the molecule is NC(=NN=Cc1ccc(OCCn2ccnc2)cc1)SCc1ccccc1. The van der Waals surface area contributed by atoms with E-state index in [-0.39, 0.29) is 0 Å². The van der Waals surface area contributed by atoms with Crippen molar-refractivity contribution in [3.8, 4) is 5.75 Å². The minimum Gasteiger partial charge on any atom is -0.492 e. The number of aromatic nitrogens is 2. The Morgan fingerprint density at radius 2 is 1.96 bits per heavy atom. The zero-order valence-corrected chi connectivity index (χ0v) is 15.6. The fourth-order valence-electron chi connectivity index (χ4n) is 2.25. The summed E-state index contributed by atoms with van der Waals surface area (Å²) in [6, 6.07) is 17.8. The molecule has 0 atom stereocenters. The molecular weight excluding hydrogens is 358 g/mol. The number of imidazole rings is 1. The second kappa shape index (κ2) is 10.2. The number of ether oxygens (including phenoxy) is 1. The number of hydrogen-bond donors (Lipinski definition) is 1. The van der Waals surface area contributed by atoms with Crippen molar-refractivity contribution in [3.05, 3.63) is 84.4 Å². The Morgan fingerprint density at radius 3 is 2.70 bits per heavy atom. The van der Waals surface area contributed by atoms with Gasteiger partial charge in [0.15, 0.2) is 5.17 Å². The van der Waals surface area contributed by atoms with Gasteiger partial charge in [0.05, 0.1) is 19.1 Å². The van der Waals surface area contributed by atoms with Crippen LogP contribution >= 0.6 is 11.8 Å². The van der Waals surface area contributed by atoms with Gasteiger partial charge in [0.25, 0.3) is 0 Å². The summed E-state index contributed by atoms with van der Waals surface area (Å²) in [5.41, 5.74) is 8.01. The molecule has 0 aliphatic heterocycles. The normalized spacial score (nSPS) is 11.8. The van der Waals surface area contributed by atoms with E-state index in [0.29, 0.717) is 11.8 Å². The maximum Gasteiger partial charge on any atom is 0.180 e. The summed E-state index contributed by atoms with van der Waals surface area (Å²) in [4.78, 5) is 4.00. The molecule has 0 saturated heterocycles. The maximum atomic E-state index is 5.88. The number of rotatable bonds is 8. The molecule has 0 aliphatic carbocycles. The number of nitrogens with zero attached hydrogens (tertiary/aromatic N) is 4. The summed E-state index contributed by atoms with van der Waals surface area (Å²) in [5.74, 6) is 1.59. The van der Waals surface area contributed by atoms with E-state index >= 15 is 0 Å². The van der Waals surface area contributed by atoms with Crippen molar-refractivity contribution in [1.29, 1.82) is 0 Å². The van der Waals surface area contributed by atoms with Crippen LogP contribution in [0.1, 0.15) is 11.1 Å². The van der Waals surface area contributed by atoms with Gasteiger partial charge in [0, 0.05) is 18.1 Å². The number of nitrogens with two attached hydrogens (primary N) is 1. The van der Waals surface area contributed by atoms with Crippen molar-refractivity contribution >= 4 is 23.1 Å². The summed E-state index contributed by atoms with van der Waals surface area (Å²) in [7, 11) is 0. The minimum atomic E-state index is 0.439. The monoisotopic (exact) mass is 379 g/mol. The van der Waals surface area contributed by atoms with Crippen LogP contribution < -0.4 is 10.5 Å². The zero-order valence-electron chi connectivity index (χ0n) is 14.8. The Hall–Kier alpha value is -3.06. The van der Waals surface area contributed by atoms with Crippen LogP contribution in [0.4, 0.5) is 0 Å². The predicted molar refractivity (Wildman–Crippen MR) is 111 cm³/mol. The van der Waals surface area contributed by atoms with Gasteiger partial charge in [0.1, 0.15) is 12.4 Å². The summed E-state index contributed by atoms with van der Waals surface area (Å²) in [6.45, 7) is 1.35. The van der Waals surface area contributed by atoms with E-state index in [4.69, 9.17) is 10.5 Å². The fraction of sp³-hybridized carbons (Fsp3) is 0.150. The number of amidine groups is 1. The van der Waals surface area contributed by atoms with Crippen LogP contribution in [-0.4, -0.2) is 27.5 Å². The summed E-state index contributed by atoms with van der Waals surface area (Å²) in [5, 5.41) is 8.51. The Kier molecular flexibility index (Phi) is 7.06. The lowest BCUT2D eigenvalue weighted by atomic mass is 10.2. The molecule has 2 aromatic carbocycles. The molecule has 2 N–H and O–H groups in total. The van der Waals surface area contributed by atoms with Crippen LogP contribution in [0.2, 0.25) is 0 Å². The highest BCUT2D eigenvalue weighted by Crippen LogP contribution is 2.13. The van der Waals surface area contributed by atoms with Crippen LogP contribution in [0, 0.1) is 0 Å². The molecule has 1 aromatic heterocycles. The number of hydrogen-bond acceptors (Lipinski definition) is 5. The van der Waals surface area contributed by atoms with Gasteiger partial charge in [-0.15, -0.1) is 5.10 Å². The van der Waals surface area contributed by atoms with E-state index in [0.717, 1.165) is 23.6 Å². The molecule has 3 aromatic rings. The molecule has 0 saturated carbocycles. The molecule has 6 nitrogen and oxygen atoms in total. The molecule has 0 radical (unpaired) electrons.